The molecule has 6 heteroatoms. The Morgan fingerprint density at radius 3 is 2.24 bits per heavy atom. The highest BCUT2D eigenvalue weighted by Crippen LogP contribution is 2.25. The first-order chi connectivity index (χ1) is 11.6. The zero-order valence-electron chi connectivity index (χ0n) is 15.5. The summed E-state index contributed by atoms with van der Waals surface area (Å²) in [6.07, 6.45) is 0. The molecule has 0 atom stereocenters. The van der Waals surface area contributed by atoms with Crippen LogP contribution >= 0.6 is 0 Å². The van der Waals surface area contributed by atoms with Crippen LogP contribution in [0.15, 0.2) is 42.5 Å². The number of aryl methyl sites for hydroxylation is 1. The Hall–Kier alpha value is -1.89. The summed E-state index contributed by atoms with van der Waals surface area (Å²) in [5, 5.41) is 20.5. The van der Waals surface area contributed by atoms with Crippen LogP contribution < -0.4 is 10.2 Å². The van der Waals surface area contributed by atoms with E-state index >= 15 is 0 Å². The van der Waals surface area contributed by atoms with Crippen LogP contribution in [0.2, 0.25) is 0 Å². The molecule has 0 aliphatic carbocycles. The summed E-state index contributed by atoms with van der Waals surface area (Å²) in [5.41, 5.74) is 0.186. The third-order valence-electron chi connectivity index (χ3n) is 4.48. The predicted molar refractivity (Wildman–Crippen MR) is 98.8 cm³/mol. The van der Waals surface area contributed by atoms with Crippen LogP contribution in [-0.4, -0.2) is 33.4 Å². The minimum Gasteiger partial charge on any atom is -0.473 e. The summed E-state index contributed by atoms with van der Waals surface area (Å²) < 4.78 is 11.4. The van der Waals surface area contributed by atoms with Crippen molar-refractivity contribution in [3.05, 3.63) is 53.7 Å². The van der Waals surface area contributed by atoms with Crippen molar-refractivity contribution in [1.29, 1.82) is 0 Å². The first-order valence-corrected chi connectivity index (χ1v) is 8.33. The van der Waals surface area contributed by atoms with Gasteiger partial charge in [-0.2, -0.15) is 0 Å². The van der Waals surface area contributed by atoms with Crippen molar-refractivity contribution in [3.63, 3.8) is 0 Å². The van der Waals surface area contributed by atoms with Gasteiger partial charge in [0.1, 0.15) is 6.61 Å². The Labute approximate surface area is 149 Å². The van der Waals surface area contributed by atoms with E-state index in [2.05, 4.69) is 4.98 Å². The van der Waals surface area contributed by atoms with Crippen molar-refractivity contribution >= 4 is 12.6 Å². The van der Waals surface area contributed by atoms with E-state index in [9.17, 15) is 10.1 Å². The molecular formula is C19H26BNO4. The van der Waals surface area contributed by atoms with E-state index in [1.165, 1.54) is 0 Å². The Morgan fingerprint density at radius 1 is 1.04 bits per heavy atom. The molecule has 0 unspecified atom stereocenters. The molecule has 0 amide bonds. The second kappa shape index (κ2) is 7.56. The molecule has 0 aliphatic rings. The molecule has 0 bridgehead atoms. The molecule has 5 nitrogen and oxygen atoms in total. The van der Waals surface area contributed by atoms with Gasteiger partial charge in [-0.05, 0) is 46.2 Å². The molecule has 2 N–H and O–H groups in total. The minimum atomic E-state index is -1.18. The molecule has 1 aromatic heterocycles. The quantitative estimate of drug-likeness (QED) is 0.755. The average molecular weight is 343 g/mol. The third kappa shape index (κ3) is 5.04. The number of rotatable bonds is 7. The molecule has 134 valence electrons. The highest BCUT2D eigenvalue weighted by molar-refractivity contribution is 6.60. The Kier molecular flexibility index (Phi) is 5.88. The van der Waals surface area contributed by atoms with Crippen molar-refractivity contribution in [1.82, 2.24) is 4.98 Å². The van der Waals surface area contributed by atoms with Gasteiger partial charge >= 0.3 is 7.12 Å². The first kappa shape index (κ1) is 19.4. The Morgan fingerprint density at radius 2 is 1.68 bits per heavy atom. The van der Waals surface area contributed by atoms with E-state index in [4.69, 9.17) is 9.39 Å². The van der Waals surface area contributed by atoms with Crippen molar-refractivity contribution in [3.8, 4) is 5.88 Å². The number of aromatic nitrogens is 1. The lowest BCUT2D eigenvalue weighted by Gasteiger charge is -2.38. The van der Waals surface area contributed by atoms with Crippen molar-refractivity contribution in [2.24, 2.45) is 0 Å². The average Bonchev–Trinajstić information content (AvgIpc) is 2.52. The topological polar surface area (TPSA) is 71.8 Å². The van der Waals surface area contributed by atoms with E-state index in [1.807, 2.05) is 30.3 Å². The maximum atomic E-state index is 10.4. The summed E-state index contributed by atoms with van der Waals surface area (Å²) in [6.45, 7) is 8.97. The Bertz CT molecular complexity index is 698. The summed E-state index contributed by atoms with van der Waals surface area (Å²) >= 11 is 0. The van der Waals surface area contributed by atoms with Gasteiger partial charge in [-0.3, -0.25) is 0 Å². The molecule has 1 aromatic carbocycles. The second-order valence-electron chi connectivity index (χ2n) is 7.14. The van der Waals surface area contributed by atoms with E-state index < -0.39 is 18.3 Å². The molecule has 0 saturated heterocycles. The number of hydrogen-bond donors (Lipinski definition) is 2. The molecule has 0 spiro atoms. The van der Waals surface area contributed by atoms with Gasteiger partial charge in [0, 0.05) is 11.2 Å². The number of hydrogen-bond acceptors (Lipinski definition) is 5. The highest BCUT2D eigenvalue weighted by atomic mass is 16.5. The molecule has 0 fully saturated rings. The van der Waals surface area contributed by atoms with Crippen molar-refractivity contribution in [2.75, 3.05) is 0 Å². The van der Waals surface area contributed by atoms with Crippen LogP contribution in [0.1, 0.15) is 39.0 Å². The number of nitrogens with zero attached hydrogens (tertiary/aromatic N) is 1. The number of pyridine rings is 1. The summed E-state index contributed by atoms with van der Waals surface area (Å²) in [4.78, 5) is 4.38. The standard InChI is InChI=1S/C19H26BNO4/c1-14-16(20(23)25-19(4,5)18(2,3)22)11-12-17(21-14)24-13-15-9-7-6-8-10-15/h6-12,22-23H,13H2,1-5H3. The summed E-state index contributed by atoms with van der Waals surface area (Å²) in [5.74, 6) is 0.485. The van der Waals surface area contributed by atoms with Gasteiger partial charge in [0.05, 0.1) is 11.2 Å². The lowest BCUT2D eigenvalue weighted by Crippen LogP contribution is -2.53. The second-order valence-corrected chi connectivity index (χ2v) is 7.14. The van der Waals surface area contributed by atoms with Crippen LogP contribution in [0.25, 0.3) is 0 Å². The number of benzene rings is 1. The minimum absolute atomic E-state index is 0.428. The van der Waals surface area contributed by atoms with Crippen LogP contribution in [0.3, 0.4) is 0 Å². The summed E-state index contributed by atoms with van der Waals surface area (Å²) in [6, 6.07) is 13.3. The first-order valence-electron chi connectivity index (χ1n) is 8.33. The summed E-state index contributed by atoms with van der Waals surface area (Å²) in [7, 11) is -1.18. The molecule has 2 rings (SSSR count). The van der Waals surface area contributed by atoms with Crippen LogP contribution in [0.5, 0.6) is 5.88 Å². The fourth-order valence-corrected chi connectivity index (χ4v) is 2.11. The normalized spacial score (nSPS) is 12.1. The molecular weight excluding hydrogens is 317 g/mol. The Balaban J connectivity index is 2.06. The van der Waals surface area contributed by atoms with Gasteiger partial charge < -0.3 is 19.5 Å². The lowest BCUT2D eigenvalue weighted by molar-refractivity contribution is -0.0982. The highest BCUT2D eigenvalue weighted by Gasteiger charge is 2.40. The van der Waals surface area contributed by atoms with E-state index in [1.54, 1.807) is 46.8 Å². The fraction of sp³-hybridized carbons (Fsp3) is 0.421. The van der Waals surface area contributed by atoms with Gasteiger partial charge in [0.15, 0.2) is 0 Å². The number of ether oxygens (including phenoxy) is 1. The zero-order valence-corrected chi connectivity index (χ0v) is 15.5. The fourth-order valence-electron chi connectivity index (χ4n) is 2.11. The van der Waals surface area contributed by atoms with Crippen LogP contribution in [0.4, 0.5) is 0 Å². The molecule has 0 saturated carbocycles. The van der Waals surface area contributed by atoms with Gasteiger partial charge in [-0.15, -0.1) is 0 Å². The van der Waals surface area contributed by atoms with E-state index in [-0.39, 0.29) is 0 Å². The van der Waals surface area contributed by atoms with Crippen LogP contribution in [0, 0.1) is 6.92 Å². The number of aliphatic hydroxyl groups is 1. The van der Waals surface area contributed by atoms with Gasteiger partial charge in [-0.25, -0.2) is 4.98 Å². The van der Waals surface area contributed by atoms with Crippen LogP contribution in [-0.2, 0) is 11.3 Å². The van der Waals surface area contributed by atoms with Crippen molar-refractivity contribution < 1.29 is 19.5 Å². The molecule has 0 aliphatic heterocycles. The molecule has 0 radical (unpaired) electrons. The monoisotopic (exact) mass is 343 g/mol. The van der Waals surface area contributed by atoms with Crippen molar-refractivity contribution in [2.45, 2.75) is 52.4 Å². The maximum absolute atomic E-state index is 10.4. The predicted octanol–water partition coefficient (Wildman–Crippen LogP) is 2.22. The molecule has 1 heterocycles. The van der Waals surface area contributed by atoms with Gasteiger partial charge in [0.25, 0.3) is 0 Å². The van der Waals surface area contributed by atoms with E-state index in [0.29, 0.717) is 23.6 Å². The smallest absolute Gasteiger partial charge is 0.473 e. The van der Waals surface area contributed by atoms with Gasteiger partial charge in [0.2, 0.25) is 5.88 Å². The largest absolute Gasteiger partial charge is 0.493 e. The lowest BCUT2D eigenvalue weighted by atomic mass is 9.75. The van der Waals surface area contributed by atoms with Gasteiger partial charge in [-0.1, -0.05) is 36.4 Å². The molecule has 25 heavy (non-hydrogen) atoms. The zero-order chi connectivity index (χ0) is 18.7. The SMILES string of the molecule is Cc1nc(OCc2ccccc2)ccc1B(O)OC(C)(C)C(C)(C)O. The third-order valence-corrected chi connectivity index (χ3v) is 4.48. The van der Waals surface area contributed by atoms with E-state index in [0.717, 1.165) is 5.56 Å². The maximum Gasteiger partial charge on any atom is 0.493 e. The molecule has 2 aromatic rings.